The van der Waals surface area contributed by atoms with E-state index in [0.29, 0.717) is 0 Å². The minimum absolute atomic E-state index is 0. The first-order valence-electron chi connectivity index (χ1n) is 19.4. The molecule has 4 nitrogen and oxygen atoms in total. The van der Waals surface area contributed by atoms with E-state index in [4.69, 9.17) is 14.5 Å². The summed E-state index contributed by atoms with van der Waals surface area (Å²) in [5.74, 6) is 3.38. The topological polar surface area (TPSA) is 44.2 Å². The molecule has 2 aliphatic heterocycles. The van der Waals surface area contributed by atoms with E-state index < -0.39 is 0 Å². The van der Waals surface area contributed by atoms with Crippen LogP contribution in [0.3, 0.4) is 0 Å². The van der Waals surface area contributed by atoms with Gasteiger partial charge in [0.1, 0.15) is 17.2 Å². The summed E-state index contributed by atoms with van der Waals surface area (Å²) in [6.07, 6.45) is 3.94. The van der Waals surface area contributed by atoms with Gasteiger partial charge in [-0.15, -0.1) is 59.1 Å². The number of nitrogens with zero attached hydrogens (tertiary/aromatic N) is 2. The van der Waals surface area contributed by atoms with Gasteiger partial charge in [0.25, 0.3) is 0 Å². The first-order chi connectivity index (χ1) is 27.7. The van der Waals surface area contributed by atoms with E-state index in [-0.39, 0.29) is 26.8 Å². The second-order valence-electron chi connectivity index (χ2n) is 15.2. The summed E-state index contributed by atoms with van der Waals surface area (Å²) in [5, 5.41) is 0. The van der Waals surface area contributed by atoms with Gasteiger partial charge in [-0.2, -0.15) is 0 Å². The Kier molecular flexibility index (Phi) is 10.7. The van der Waals surface area contributed by atoms with Crippen molar-refractivity contribution in [2.75, 3.05) is 0 Å². The van der Waals surface area contributed by atoms with Crippen LogP contribution in [-0.4, -0.2) is 16.7 Å². The van der Waals surface area contributed by atoms with Crippen molar-refractivity contribution in [3.05, 3.63) is 185 Å². The van der Waals surface area contributed by atoms with Crippen LogP contribution in [-0.2, 0) is 20.1 Å². The van der Waals surface area contributed by atoms with E-state index in [1.165, 1.54) is 50.1 Å². The molecule has 2 aliphatic rings. The van der Waals surface area contributed by atoms with Gasteiger partial charge in [-0.05, 0) is 109 Å². The Balaban J connectivity index is 0.000000190. The second kappa shape index (κ2) is 16.1. The van der Waals surface area contributed by atoms with Gasteiger partial charge >= 0.3 is 0 Å². The third-order valence-electron chi connectivity index (χ3n) is 11.0. The fourth-order valence-electron chi connectivity index (χ4n) is 8.35. The average molecular weight is 929 g/mol. The number of ether oxygens (including phenoxy) is 2. The molecule has 0 atom stereocenters. The van der Waals surface area contributed by atoms with Crippen LogP contribution < -0.4 is 25.9 Å². The van der Waals surface area contributed by atoms with Crippen molar-refractivity contribution in [2.24, 2.45) is 0 Å². The normalized spacial score (nSPS) is 11.7. The van der Waals surface area contributed by atoms with Crippen molar-refractivity contribution in [3.8, 4) is 67.8 Å². The number of pyridine rings is 2. The van der Waals surface area contributed by atoms with Crippen LogP contribution in [0, 0.1) is 53.7 Å². The maximum Gasteiger partial charge on any atom is 0.241 e. The van der Waals surface area contributed by atoms with Gasteiger partial charge in [0.15, 0.2) is 0 Å². The van der Waals surface area contributed by atoms with E-state index in [1.807, 2.05) is 60.9 Å². The molecular weight excluding hydrogens is 888 g/mol. The molecular formula is C52H41BIrN2O2-2. The average Bonchev–Trinajstić information content (AvgIpc) is 3.22. The Morgan fingerprint density at radius 1 is 0.534 bits per heavy atom. The molecule has 1 radical (unpaired) electrons. The first kappa shape index (κ1) is 38.8. The zero-order chi connectivity index (χ0) is 39.2. The van der Waals surface area contributed by atoms with Gasteiger partial charge in [0.05, 0.1) is 0 Å². The predicted molar refractivity (Wildman–Crippen MR) is 234 cm³/mol. The number of aromatic nitrogens is 2. The first-order valence-corrected chi connectivity index (χ1v) is 19.4. The van der Waals surface area contributed by atoms with Crippen LogP contribution in [0.2, 0.25) is 0 Å². The minimum atomic E-state index is 0. The Hall–Kier alpha value is -6.07. The van der Waals surface area contributed by atoms with Crippen LogP contribution >= 0.6 is 0 Å². The van der Waals surface area contributed by atoms with Crippen molar-refractivity contribution >= 4 is 23.1 Å². The number of hydrogen-bond donors (Lipinski definition) is 0. The van der Waals surface area contributed by atoms with Gasteiger partial charge in [0.2, 0.25) is 6.71 Å². The number of fused-ring (bicyclic) bond motifs is 4. The number of aryl methyl sites for hydroxylation is 6. The number of rotatable bonds is 4. The third kappa shape index (κ3) is 7.19. The molecule has 0 fully saturated rings. The Bertz CT molecular complexity index is 2800. The third-order valence-corrected chi connectivity index (χ3v) is 11.0. The summed E-state index contributed by atoms with van der Waals surface area (Å²) < 4.78 is 12.8. The number of benzene rings is 6. The quantitative estimate of drug-likeness (QED) is 0.130. The Morgan fingerprint density at radius 2 is 1.24 bits per heavy atom. The second-order valence-corrected chi connectivity index (χ2v) is 15.2. The standard InChI is InChI=1S/C33H25BNO2.C19H16N.Ir/c1-19-15-21(3)31(22(4)16-19)24-18-35-27(17-20(24)2)23-9-7-11-26-33(23)37-30-14-8-13-29-32(30)34(26)25-10-5-6-12-28(25)36-29;1-14-8-10-17(11-9-14)19-12-18(15(2)13-20-19)16-6-4-3-5-7-16;/h5-8,10-18H,1-4H3;3-10,12-13H,1-2H3;/q2*-1;. The van der Waals surface area contributed by atoms with E-state index >= 15 is 0 Å². The van der Waals surface area contributed by atoms with Crippen molar-refractivity contribution in [1.82, 2.24) is 9.97 Å². The van der Waals surface area contributed by atoms with E-state index in [2.05, 4.69) is 138 Å². The van der Waals surface area contributed by atoms with Gasteiger partial charge in [-0.3, -0.25) is 0 Å². The van der Waals surface area contributed by atoms with Crippen molar-refractivity contribution < 1.29 is 29.6 Å². The Labute approximate surface area is 355 Å². The minimum Gasteiger partial charge on any atom is -0.503 e. The van der Waals surface area contributed by atoms with Crippen LogP contribution in [0.1, 0.15) is 33.4 Å². The van der Waals surface area contributed by atoms with Crippen molar-refractivity contribution in [3.63, 3.8) is 0 Å². The molecule has 10 rings (SSSR count). The van der Waals surface area contributed by atoms with Crippen molar-refractivity contribution in [2.45, 2.75) is 41.5 Å². The van der Waals surface area contributed by atoms with Gasteiger partial charge in [-0.25, -0.2) is 0 Å². The van der Waals surface area contributed by atoms with E-state index in [1.54, 1.807) is 0 Å². The molecule has 0 bridgehead atoms. The maximum absolute atomic E-state index is 6.58. The van der Waals surface area contributed by atoms with Crippen LogP contribution in [0.25, 0.3) is 44.8 Å². The molecule has 4 heterocycles. The number of para-hydroxylation sites is 1. The molecule has 0 unspecified atom stereocenters. The zero-order valence-corrected chi connectivity index (χ0v) is 35.8. The van der Waals surface area contributed by atoms with Gasteiger partial charge < -0.3 is 19.4 Å². The molecule has 58 heavy (non-hydrogen) atoms. The predicted octanol–water partition coefficient (Wildman–Crippen LogP) is 11.0. The van der Waals surface area contributed by atoms with Crippen LogP contribution in [0.4, 0.5) is 0 Å². The summed E-state index contributed by atoms with van der Waals surface area (Å²) in [6.45, 7) is 12.9. The summed E-state index contributed by atoms with van der Waals surface area (Å²) >= 11 is 0. The fraction of sp³-hybridized carbons (Fsp3) is 0.115. The molecule has 0 aliphatic carbocycles. The van der Waals surface area contributed by atoms with E-state index in [0.717, 1.165) is 67.5 Å². The molecule has 0 amide bonds. The van der Waals surface area contributed by atoms with Crippen molar-refractivity contribution in [1.29, 1.82) is 0 Å². The van der Waals surface area contributed by atoms with Crippen LogP contribution in [0.15, 0.2) is 140 Å². The molecule has 6 heteroatoms. The molecule has 0 saturated carbocycles. The molecule has 8 aromatic rings. The molecule has 2 aromatic heterocycles. The molecule has 0 saturated heterocycles. The van der Waals surface area contributed by atoms with Gasteiger partial charge in [-0.1, -0.05) is 96.9 Å². The van der Waals surface area contributed by atoms with Gasteiger partial charge in [0, 0.05) is 49.3 Å². The zero-order valence-electron chi connectivity index (χ0n) is 33.4. The molecule has 6 aromatic carbocycles. The van der Waals surface area contributed by atoms with Crippen LogP contribution in [0.5, 0.6) is 23.0 Å². The molecule has 285 valence electrons. The van der Waals surface area contributed by atoms with E-state index in [9.17, 15) is 0 Å². The Morgan fingerprint density at radius 3 is 1.98 bits per heavy atom. The monoisotopic (exact) mass is 929 g/mol. The molecule has 0 N–H and O–H groups in total. The summed E-state index contributed by atoms with van der Waals surface area (Å²) in [4.78, 5) is 9.48. The summed E-state index contributed by atoms with van der Waals surface area (Å²) in [6, 6.07) is 50.5. The number of hydrogen-bond acceptors (Lipinski definition) is 4. The smallest absolute Gasteiger partial charge is 0.241 e. The SMILES string of the molecule is Cc1c[c-]c(-c2cc(-c3ccccc3)c(C)cn2)cc1.Cc1cc(C)c(-c2cnc(-c3[c-]ccc4c3Oc3cccc5c3B4c3ccccc3O5)cc2C)c(C)c1.[Ir]. The largest absolute Gasteiger partial charge is 0.503 e. The summed E-state index contributed by atoms with van der Waals surface area (Å²) in [7, 11) is 0. The maximum atomic E-state index is 6.58. The summed E-state index contributed by atoms with van der Waals surface area (Å²) in [5.41, 5.74) is 19.4. The fourth-order valence-corrected chi connectivity index (χ4v) is 8.35. The molecule has 0 spiro atoms.